The molecule has 0 aliphatic carbocycles. The molecule has 7 nitrogen and oxygen atoms in total. The average Bonchev–Trinajstić information content (AvgIpc) is 2.15. The van der Waals surface area contributed by atoms with Gasteiger partial charge >= 0.3 is 15.6 Å². The third-order valence-corrected chi connectivity index (χ3v) is 5.41. The molecule has 1 heterocycles. The van der Waals surface area contributed by atoms with Crippen molar-refractivity contribution in [3.8, 4) is 0 Å². The van der Waals surface area contributed by atoms with Crippen molar-refractivity contribution in [1.82, 2.24) is 4.98 Å². The second kappa shape index (κ2) is 5.78. The maximum atomic E-state index is 10.8. The van der Waals surface area contributed by atoms with Crippen LogP contribution in [0.25, 0.3) is 0 Å². The van der Waals surface area contributed by atoms with Gasteiger partial charge in [-0.1, -0.05) is 6.07 Å². The maximum Gasteiger partial charge on any atom is 0.424 e. The highest BCUT2D eigenvalue weighted by atomic mass is 31.2. The van der Waals surface area contributed by atoms with E-state index < -0.39 is 27.1 Å². The molecule has 0 radical (unpaired) electrons. The number of aliphatic hydroxyl groups excluding tert-OH is 1. The zero-order valence-electron chi connectivity index (χ0n) is 8.62. The van der Waals surface area contributed by atoms with Gasteiger partial charge in [-0.2, -0.15) is 14.7 Å². The zero-order chi connectivity index (χ0) is 13.1. The van der Waals surface area contributed by atoms with E-state index in [2.05, 4.69) is 4.98 Å². The second-order valence-electron chi connectivity index (χ2n) is 3.45. The predicted molar refractivity (Wildman–Crippen MR) is 59.6 cm³/mol. The maximum absolute atomic E-state index is 10.8. The van der Waals surface area contributed by atoms with E-state index in [1.807, 2.05) is 0 Å². The number of aromatic nitrogens is 1. The molecule has 0 saturated heterocycles. The first kappa shape index (κ1) is 14.4. The van der Waals surface area contributed by atoms with Crippen molar-refractivity contribution in [2.45, 2.75) is 17.9 Å². The normalized spacial score (nSPS) is 15.3. The first-order valence-electron chi connectivity index (χ1n) is 4.60. The second-order valence-corrected chi connectivity index (χ2v) is 6.77. The predicted octanol–water partition coefficient (Wildman–Crippen LogP) is 0.223. The topological polar surface area (TPSA) is 128 Å². The molecule has 2 unspecified atom stereocenters. The minimum Gasteiger partial charge on any atom is -0.387 e. The lowest BCUT2D eigenvalue weighted by Crippen LogP contribution is -2.26. The molecule has 0 spiro atoms. The number of pyridine rings is 1. The summed E-state index contributed by atoms with van der Waals surface area (Å²) in [5.74, 6) is 0. The first-order valence-corrected chi connectivity index (χ1v) is 7.56. The van der Waals surface area contributed by atoms with Crippen LogP contribution in [0.3, 0.4) is 0 Å². The van der Waals surface area contributed by atoms with Crippen molar-refractivity contribution >= 4 is 15.6 Å². The molecule has 1 rings (SSSR count). The van der Waals surface area contributed by atoms with Crippen LogP contribution in [0.2, 0.25) is 0 Å². The molecule has 94 valence electrons. The Morgan fingerprint density at radius 1 is 1.35 bits per heavy atom. The van der Waals surface area contributed by atoms with Crippen molar-refractivity contribution in [3.63, 3.8) is 0 Å². The smallest absolute Gasteiger partial charge is 0.387 e. The third kappa shape index (κ3) is 4.24. The summed E-state index contributed by atoms with van der Waals surface area (Å²) in [4.78, 5) is 30.6. The Hall–Kier alpha value is -0.680. The molecule has 17 heavy (non-hydrogen) atoms. The van der Waals surface area contributed by atoms with Crippen LogP contribution in [0.5, 0.6) is 0 Å². The van der Waals surface area contributed by atoms with Gasteiger partial charge in [0.1, 0.15) is 6.10 Å². The molecular formula is C8H12NO6P2+. The van der Waals surface area contributed by atoms with E-state index in [0.29, 0.717) is 5.56 Å². The largest absolute Gasteiger partial charge is 0.424 e. The van der Waals surface area contributed by atoms with E-state index in [1.54, 1.807) is 12.1 Å². The lowest BCUT2D eigenvalue weighted by atomic mass is 10.1. The standard InChI is InChI=1S/C8H12NO6P2/c10-7(4-6-2-1-3-9-5-6)8(16(11)12)17(13,14)15/h1-3,5,7-8,10,13-15H,4H2/q+1. The summed E-state index contributed by atoms with van der Waals surface area (Å²) >= 11 is 0. The summed E-state index contributed by atoms with van der Waals surface area (Å²) in [6.45, 7) is 0. The molecule has 0 aliphatic rings. The fourth-order valence-corrected chi connectivity index (χ4v) is 3.33. The van der Waals surface area contributed by atoms with Gasteiger partial charge in [0, 0.05) is 18.8 Å². The van der Waals surface area contributed by atoms with Gasteiger partial charge in [-0.25, -0.2) is 9.13 Å². The Morgan fingerprint density at radius 2 is 2.00 bits per heavy atom. The van der Waals surface area contributed by atoms with Gasteiger partial charge < -0.3 is 5.11 Å². The SMILES string of the molecule is O=P(=O)C(C(O)Cc1cccnc1)[P+](O)(O)O. The van der Waals surface area contributed by atoms with Crippen LogP contribution in [-0.4, -0.2) is 36.3 Å². The summed E-state index contributed by atoms with van der Waals surface area (Å²) in [7, 11) is -8.00. The molecule has 1 aromatic rings. The third-order valence-electron chi connectivity index (χ3n) is 2.08. The summed E-state index contributed by atoms with van der Waals surface area (Å²) in [5.41, 5.74) is 0.523. The number of hydrogen-bond donors (Lipinski definition) is 4. The van der Waals surface area contributed by atoms with Gasteiger partial charge in [-0.05, 0) is 11.6 Å². The van der Waals surface area contributed by atoms with Crippen LogP contribution in [0, 0.1) is 0 Å². The fourth-order valence-electron chi connectivity index (χ4n) is 1.36. The van der Waals surface area contributed by atoms with E-state index in [0.717, 1.165) is 0 Å². The number of rotatable bonds is 5. The van der Waals surface area contributed by atoms with Crippen molar-refractivity contribution in [2.24, 2.45) is 0 Å². The van der Waals surface area contributed by atoms with Gasteiger partial charge in [0.05, 0.1) is 0 Å². The molecule has 0 bridgehead atoms. The van der Waals surface area contributed by atoms with E-state index in [9.17, 15) is 14.2 Å². The molecule has 9 heteroatoms. The molecular weight excluding hydrogens is 268 g/mol. The van der Waals surface area contributed by atoms with Crippen LogP contribution in [0.4, 0.5) is 0 Å². The van der Waals surface area contributed by atoms with Crippen molar-refractivity contribution < 1.29 is 28.9 Å². The quantitative estimate of drug-likeness (QED) is 0.568. The van der Waals surface area contributed by atoms with Crippen LogP contribution in [0.1, 0.15) is 5.56 Å². The zero-order valence-corrected chi connectivity index (χ0v) is 10.4. The summed E-state index contributed by atoms with van der Waals surface area (Å²) in [5, 5.41) is 7.63. The van der Waals surface area contributed by atoms with Crippen molar-refractivity contribution in [2.75, 3.05) is 0 Å². The average molecular weight is 280 g/mol. The Kier molecular flexibility index (Phi) is 4.89. The van der Waals surface area contributed by atoms with Gasteiger partial charge in [-0.3, -0.25) is 4.98 Å². The highest BCUT2D eigenvalue weighted by Gasteiger charge is 2.52. The number of nitrogens with zero attached hydrogens (tertiary/aromatic N) is 1. The Morgan fingerprint density at radius 3 is 2.41 bits per heavy atom. The minimum absolute atomic E-state index is 0.148. The van der Waals surface area contributed by atoms with Gasteiger partial charge in [0.2, 0.25) is 0 Å². The molecule has 0 aliphatic heterocycles. The van der Waals surface area contributed by atoms with Gasteiger partial charge in [-0.15, -0.1) is 0 Å². The highest BCUT2D eigenvalue weighted by molar-refractivity contribution is 7.68. The van der Waals surface area contributed by atoms with E-state index in [4.69, 9.17) is 14.7 Å². The van der Waals surface area contributed by atoms with Crippen LogP contribution >= 0.6 is 15.6 Å². The Balaban J connectivity index is 2.84. The first-order chi connectivity index (χ1) is 7.82. The molecule has 0 aromatic carbocycles. The highest BCUT2D eigenvalue weighted by Crippen LogP contribution is 2.58. The van der Waals surface area contributed by atoms with Gasteiger partial charge in [0.25, 0.3) is 5.40 Å². The Labute approximate surface area is 98.2 Å². The lowest BCUT2D eigenvalue weighted by Gasteiger charge is -2.16. The number of hydrogen-bond acceptors (Lipinski definition) is 7. The fraction of sp³-hybridized carbons (Fsp3) is 0.375. The van der Waals surface area contributed by atoms with Crippen molar-refractivity contribution in [3.05, 3.63) is 30.1 Å². The summed E-state index contributed by atoms with van der Waals surface area (Å²) in [6, 6.07) is 3.19. The summed E-state index contributed by atoms with van der Waals surface area (Å²) in [6.07, 6.45) is 1.16. The van der Waals surface area contributed by atoms with Crippen molar-refractivity contribution in [1.29, 1.82) is 0 Å². The minimum atomic E-state index is -4.64. The Bertz CT molecular complexity index is 421. The van der Waals surface area contributed by atoms with E-state index in [-0.39, 0.29) is 6.42 Å². The summed E-state index contributed by atoms with van der Waals surface area (Å²) < 4.78 is 21.6. The molecule has 4 N–H and O–H groups in total. The monoisotopic (exact) mass is 280 g/mol. The molecule has 2 atom stereocenters. The van der Waals surface area contributed by atoms with Crippen LogP contribution in [-0.2, 0) is 15.6 Å². The van der Waals surface area contributed by atoms with E-state index in [1.165, 1.54) is 12.4 Å². The molecule has 0 amide bonds. The van der Waals surface area contributed by atoms with Gasteiger partial charge in [0.15, 0.2) is 0 Å². The lowest BCUT2D eigenvalue weighted by molar-refractivity contribution is 0.171. The molecule has 0 saturated carbocycles. The van der Waals surface area contributed by atoms with Crippen LogP contribution < -0.4 is 0 Å². The van der Waals surface area contributed by atoms with E-state index >= 15 is 0 Å². The molecule has 1 aromatic heterocycles. The number of aliphatic hydroxyl groups is 1. The molecule has 0 fully saturated rings. The van der Waals surface area contributed by atoms with Crippen LogP contribution in [0.15, 0.2) is 24.5 Å².